The minimum atomic E-state index is -0.394. The standard InChI is InChI=1S/C17H18FNO3/c1-11-4-5-12(8-15(11)18)17(20)19-10-13-6-7-14(21-2)9-16(13)22-3/h4-9H,10H2,1-3H3,(H,19,20). The summed E-state index contributed by atoms with van der Waals surface area (Å²) >= 11 is 0. The van der Waals surface area contributed by atoms with E-state index in [-0.39, 0.29) is 18.0 Å². The van der Waals surface area contributed by atoms with Crippen LogP contribution in [0.4, 0.5) is 4.39 Å². The molecule has 0 aromatic heterocycles. The van der Waals surface area contributed by atoms with Gasteiger partial charge in [-0.3, -0.25) is 4.79 Å². The molecular weight excluding hydrogens is 285 g/mol. The average molecular weight is 303 g/mol. The number of carbonyl (C=O) groups excluding carboxylic acids is 1. The van der Waals surface area contributed by atoms with Gasteiger partial charge in [0.2, 0.25) is 0 Å². The highest BCUT2D eigenvalue weighted by Gasteiger charge is 2.10. The zero-order valence-electron chi connectivity index (χ0n) is 12.8. The first-order chi connectivity index (χ1) is 10.5. The van der Waals surface area contributed by atoms with E-state index in [0.717, 1.165) is 5.56 Å². The molecule has 1 amide bonds. The lowest BCUT2D eigenvalue weighted by Gasteiger charge is -2.11. The SMILES string of the molecule is COc1ccc(CNC(=O)c2ccc(C)c(F)c2)c(OC)c1. The molecule has 1 N–H and O–H groups in total. The van der Waals surface area contributed by atoms with E-state index in [9.17, 15) is 9.18 Å². The zero-order chi connectivity index (χ0) is 16.1. The van der Waals surface area contributed by atoms with E-state index < -0.39 is 5.82 Å². The van der Waals surface area contributed by atoms with E-state index in [2.05, 4.69) is 5.32 Å². The van der Waals surface area contributed by atoms with Crippen LogP contribution in [0.3, 0.4) is 0 Å². The van der Waals surface area contributed by atoms with Gasteiger partial charge in [0.25, 0.3) is 5.91 Å². The molecule has 0 saturated heterocycles. The van der Waals surface area contributed by atoms with Gasteiger partial charge in [-0.2, -0.15) is 0 Å². The van der Waals surface area contributed by atoms with E-state index >= 15 is 0 Å². The Morgan fingerprint density at radius 3 is 2.55 bits per heavy atom. The zero-order valence-corrected chi connectivity index (χ0v) is 12.8. The Bertz CT molecular complexity index is 686. The van der Waals surface area contributed by atoms with E-state index in [4.69, 9.17) is 9.47 Å². The van der Waals surface area contributed by atoms with Crippen molar-refractivity contribution in [2.75, 3.05) is 14.2 Å². The van der Waals surface area contributed by atoms with Gasteiger partial charge >= 0.3 is 0 Å². The van der Waals surface area contributed by atoms with Crippen LogP contribution in [0.5, 0.6) is 11.5 Å². The van der Waals surface area contributed by atoms with Crippen molar-refractivity contribution in [3.63, 3.8) is 0 Å². The van der Waals surface area contributed by atoms with E-state index in [0.29, 0.717) is 17.1 Å². The second-order valence-corrected chi connectivity index (χ2v) is 4.82. The molecule has 2 aromatic carbocycles. The van der Waals surface area contributed by atoms with Gasteiger partial charge in [-0.05, 0) is 36.8 Å². The van der Waals surface area contributed by atoms with Crippen molar-refractivity contribution in [3.05, 3.63) is 58.9 Å². The molecule has 22 heavy (non-hydrogen) atoms. The fourth-order valence-corrected chi connectivity index (χ4v) is 2.01. The van der Waals surface area contributed by atoms with Crippen molar-refractivity contribution in [3.8, 4) is 11.5 Å². The van der Waals surface area contributed by atoms with Crippen LogP contribution in [0.2, 0.25) is 0 Å². The van der Waals surface area contributed by atoms with Crippen LogP contribution in [-0.2, 0) is 6.54 Å². The number of carbonyl (C=O) groups is 1. The summed E-state index contributed by atoms with van der Waals surface area (Å²) in [7, 11) is 3.12. The summed E-state index contributed by atoms with van der Waals surface area (Å²) in [5.74, 6) is 0.564. The summed E-state index contributed by atoms with van der Waals surface area (Å²) in [5, 5.41) is 2.75. The lowest BCUT2D eigenvalue weighted by Crippen LogP contribution is -2.23. The first-order valence-electron chi connectivity index (χ1n) is 6.80. The van der Waals surface area contributed by atoms with E-state index in [1.165, 1.54) is 6.07 Å². The molecule has 116 valence electrons. The van der Waals surface area contributed by atoms with Crippen molar-refractivity contribution in [2.24, 2.45) is 0 Å². The molecule has 5 heteroatoms. The maximum absolute atomic E-state index is 13.5. The Morgan fingerprint density at radius 2 is 1.91 bits per heavy atom. The summed E-state index contributed by atoms with van der Waals surface area (Å²) in [6.07, 6.45) is 0. The topological polar surface area (TPSA) is 47.6 Å². The molecule has 0 spiro atoms. The molecule has 4 nitrogen and oxygen atoms in total. The molecule has 2 rings (SSSR count). The summed E-state index contributed by atoms with van der Waals surface area (Å²) in [4.78, 5) is 12.1. The number of hydrogen-bond donors (Lipinski definition) is 1. The highest BCUT2D eigenvalue weighted by Crippen LogP contribution is 2.24. The number of hydrogen-bond acceptors (Lipinski definition) is 3. The monoisotopic (exact) mass is 303 g/mol. The number of halogens is 1. The summed E-state index contributed by atoms with van der Waals surface area (Å²) in [6, 6.07) is 9.75. The second-order valence-electron chi connectivity index (χ2n) is 4.82. The van der Waals surface area contributed by atoms with Gasteiger partial charge in [0.15, 0.2) is 0 Å². The maximum Gasteiger partial charge on any atom is 0.251 e. The highest BCUT2D eigenvalue weighted by atomic mass is 19.1. The van der Waals surface area contributed by atoms with Crippen molar-refractivity contribution in [1.82, 2.24) is 5.32 Å². The van der Waals surface area contributed by atoms with Crippen molar-refractivity contribution in [1.29, 1.82) is 0 Å². The molecule has 0 saturated carbocycles. The smallest absolute Gasteiger partial charge is 0.251 e. The Labute approximate surface area is 128 Å². The largest absolute Gasteiger partial charge is 0.497 e. The van der Waals surface area contributed by atoms with Crippen molar-refractivity contribution >= 4 is 5.91 Å². The minimum Gasteiger partial charge on any atom is -0.497 e. The summed E-state index contributed by atoms with van der Waals surface area (Å²) in [5.41, 5.74) is 1.60. The van der Waals surface area contributed by atoms with Gasteiger partial charge in [0.1, 0.15) is 17.3 Å². The number of rotatable bonds is 5. The van der Waals surface area contributed by atoms with Gasteiger partial charge < -0.3 is 14.8 Å². The highest BCUT2D eigenvalue weighted by molar-refractivity contribution is 5.94. The van der Waals surface area contributed by atoms with Gasteiger partial charge in [0, 0.05) is 23.7 Å². The third kappa shape index (κ3) is 3.55. The van der Waals surface area contributed by atoms with Gasteiger partial charge in [-0.1, -0.05) is 6.07 Å². The second kappa shape index (κ2) is 6.93. The predicted molar refractivity (Wildman–Crippen MR) is 81.9 cm³/mol. The molecule has 0 aliphatic carbocycles. The number of nitrogens with one attached hydrogen (secondary N) is 1. The minimum absolute atomic E-state index is 0.279. The molecular formula is C17H18FNO3. The lowest BCUT2D eigenvalue weighted by atomic mass is 10.1. The molecule has 0 atom stereocenters. The van der Waals surface area contributed by atoms with Crippen LogP contribution in [0.1, 0.15) is 21.5 Å². The first-order valence-corrected chi connectivity index (χ1v) is 6.80. The van der Waals surface area contributed by atoms with Gasteiger partial charge in [-0.15, -0.1) is 0 Å². The van der Waals surface area contributed by atoms with Crippen molar-refractivity contribution < 1.29 is 18.7 Å². The lowest BCUT2D eigenvalue weighted by molar-refractivity contribution is 0.0950. The maximum atomic E-state index is 13.5. The molecule has 0 radical (unpaired) electrons. The summed E-state index contributed by atoms with van der Waals surface area (Å²) in [6.45, 7) is 1.93. The van der Waals surface area contributed by atoms with Crippen LogP contribution in [0.15, 0.2) is 36.4 Å². The number of benzene rings is 2. The molecule has 0 unspecified atom stereocenters. The van der Waals surface area contributed by atoms with E-state index in [1.54, 1.807) is 45.4 Å². The normalized spacial score (nSPS) is 10.2. The number of methoxy groups -OCH3 is 2. The molecule has 0 heterocycles. The first kappa shape index (κ1) is 15.8. The third-order valence-corrected chi connectivity index (χ3v) is 3.37. The Hall–Kier alpha value is -2.56. The van der Waals surface area contributed by atoms with Crippen LogP contribution in [0.25, 0.3) is 0 Å². The van der Waals surface area contributed by atoms with Crippen LogP contribution < -0.4 is 14.8 Å². The van der Waals surface area contributed by atoms with Crippen LogP contribution >= 0.6 is 0 Å². The fourth-order valence-electron chi connectivity index (χ4n) is 2.01. The van der Waals surface area contributed by atoms with Gasteiger partial charge in [-0.25, -0.2) is 4.39 Å². The molecule has 0 bridgehead atoms. The molecule has 0 aliphatic rings. The predicted octanol–water partition coefficient (Wildman–Crippen LogP) is 3.08. The number of amides is 1. The average Bonchev–Trinajstić information content (AvgIpc) is 2.54. The fraction of sp³-hybridized carbons (Fsp3) is 0.235. The molecule has 2 aromatic rings. The van der Waals surface area contributed by atoms with Crippen LogP contribution in [0, 0.1) is 12.7 Å². The Morgan fingerprint density at radius 1 is 1.14 bits per heavy atom. The number of ether oxygens (including phenoxy) is 2. The van der Waals surface area contributed by atoms with E-state index in [1.807, 2.05) is 6.07 Å². The molecule has 0 fully saturated rings. The molecule has 0 aliphatic heterocycles. The third-order valence-electron chi connectivity index (χ3n) is 3.37. The van der Waals surface area contributed by atoms with Crippen LogP contribution in [-0.4, -0.2) is 20.1 Å². The Kier molecular flexibility index (Phi) is 4.99. The van der Waals surface area contributed by atoms with Gasteiger partial charge in [0.05, 0.1) is 14.2 Å². The Balaban J connectivity index is 2.09. The summed E-state index contributed by atoms with van der Waals surface area (Å²) < 4.78 is 23.9. The quantitative estimate of drug-likeness (QED) is 0.923. The van der Waals surface area contributed by atoms with Crippen molar-refractivity contribution in [2.45, 2.75) is 13.5 Å². The number of aryl methyl sites for hydroxylation is 1.